The van der Waals surface area contributed by atoms with Crippen LogP contribution < -0.4 is 14.8 Å². The van der Waals surface area contributed by atoms with E-state index < -0.39 is 15.7 Å². The topological polar surface area (TPSA) is 94.8 Å². The zero-order valence-corrected chi connectivity index (χ0v) is 20.6. The standard InChI is InChI=1S/C26H31NO6S/c1-4-14-31-23-12-11-20(17-24(23)32-15-5-2)19(3)27-26(28)25-21(13-16-33-25)18-34(29,30)22-9-7-6-8-10-22/h6-13,16-17,19H,4-5,14-15,18H2,1-3H3,(H,27,28). The number of hydrogen-bond donors (Lipinski definition) is 1. The Morgan fingerprint density at radius 2 is 1.65 bits per heavy atom. The third-order valence-corrected chi connectivity index (χ3v) is 6.82. The van der Waals surface area contributed by atoms with Crippen LogP contribution in [0.3, 0.4) is 0 Å². The second-order valence-electron chi connectivity index (χ2n) is 7.95. The number of nitrogens with one attached hydrogen (secondary N) is 1. The number of carbonyl (C=O) groups excluding carboxylic acids is 1. The van der Waals surface area contributed by atoms with Gasteiger partial charge in [-0.15, -0.1) is 0 Å². The third kappa shape index (κ3) is 6.41. The van der Waals surface area contributed by atoms with E-state index >= 15 is 0 Å². The molecule has 0 spiro atoms. The fraction of sp³-hybridized carbons (Fsp3) is 0.346. The van der Waals surface area contributed by atoms with Crippen LogP contribution in [0.4, 0.5) is 0 Å². The minimum absolute atomic E-state index is 0.0169. The van der Waals surface area contributed by atoms with Crippen LogP contribution in [-0.4, -0.2) is 27.5 Å². The van der Waals surface area contributed by atoms with Crippen LogP contribution in [-0.2, 0) is 15.6 Å². The Hall–Kier alpha value is -3.26. The Bertz CT molecular complexity index is 1190. The number of sulfone groups is 1. The molecule has 1 amide bonds. The van der Waals surface area contributed by atoms with Crippen LogP contribution in [0.15, 0.2) is 70.2 Å². The molecule has 1 aromatic heterocycles. The van der Waals surface area contributed by atoms with Gasteiger partial charge in [0.25, 0.3) is 5.91 Å². The Morgan fingerprint density at radius 3 is 2.32 bits per heavy atom. The van der Waals surface area contributed by atoms with Crippen molar-refractivity contribution in [2.24, 2.45) is 0 Å². The molecule has 0 aliphatic heterocycles. The van der Waals surface area contributed by atoms with Crippen LogP contribution in [0.25, 0.3) is 0 Å². The van der Waals surface area contributed by atoms with Crippen molar-refractivity contribution < 1.29 is 27.1 Å². The van der Waals surface area contributed by atoms with E-state index in [9.17, 15) is 13.2 Å². The van der Waals surface area contributed by atoms with Crippen molar-refractivity contribution in [1.82, 2.24) is 5.32 Å². The van der Waals surface area contributed by atoms with E-state index in [4.69, 9.17) is 13.9 Å². The molecule has 3 rings (SSSR count). The van der Waals surface area contributed by atoms with Gasteiger partial charge in [-0.3, -0.25) is 4.79 Å². The molecule has 0 radical (unpaired) electrons. The number of rotatable bonds is 12. The Kier molecular flexibility index (Phi) is 8.76. The molecule has 8 heteroatoms. The van der Waals surface area contributed by atoms with E-state index in [-0.39, 0.29) is 22.5 Å². The van der Waals surface area contributed by atoms with Gasteiger partial charge < -0.3 is 19.2 Å². The predicted octanol–water partition coefficient (Wildman–Crippen LogP) is 5.32. The van der Waals surface area contributed by atoms with Crippen LogP contribution in [0.1, 0.15) is 61.3 Å². The summed E-state index contributed by atoms with van der Waals surface area (Å²) < 4.78 is 42.5. The van der Waals surface area contributed by atoms with E-state index in [0.717, 1.165) is 18.4 Å². The number of benzene rings is 2. The molecule has 1 heterocycles. The van der Waals surface area contributed by atoms with Crippen molar-refractivity contribution in [3.63, 3.8) is 0 Å². The van der Waals surface area contributed by atoms with Gasteiger partial charge in [-0.05, 0) is 55.7 Å². The summed E-state index contributed by atoms with van der Waals surface area (Å²) in [4.78, 5) is 13.1. The maximum Gasteiger partial charge on any atom is 0.287 e. The van der Waals surface area contributed by atoms with Crippen molar-refractivity contribution in [3.05, 3.63) is 77.7 Å². The highest BCUT2D eigenvalue weighted by Crippen LogP contribution is 2.31. The van der Waals surface area contributed by atoms with Crippen molar-refractivity contribution >= 4 is 15.7 Å². The maximum absolute atomic E-state index is 12.9. The molecule has 2 aromatic carbocycles. The first-order valence-electron chi connectivity index (χ1n) is 11.4. The quantitative estimate of drug-likeness (QED) is 0.373. The molecule has 0 saturated carbocycles. The van der Waals surface area contributed by atoms with Crippen molar-refractivity contribution in [3.8, 4) is 11.5 Å². The highest BCUT2D eigenvalue weighted by atomic mass is 32.2. The monoisotopic (exact) mass is 485 g/mol. The second-order valence-corrected chi connectivity index (χ2v) is 9.93. The SMILES string of the molecule is CCCOc1ccc(C(C)NC(=O)c2occc2CS(=O)(=O)c2ccccc2)cc1OCCC. The predicted molar refractivity (Wildman–Crippen MR) is 130 cm³/mol. The lowest BCUT2D eigenvalue weighted by Gasteiger charge is -2.18. The lowest BCUT2D eigenvalue weighted by Crippen LogP contribution is -2.27. The molecular weight excluding hydrogens is 454 g/mol. The summed E-state index contributed by atoms with van der Waals surface area (Å²) in [6, 6.07) is 14.8. The largest absolute Gasteiger partial charge is 0.490 e. The van der Waals surface area contributed by atoms with Gasteiger partial charge in [-0.1, -0.05) is 38.1 Å². The molecule has 7 nitrogen and oxygen atoms in total. The summed E-state index contributed by atoms with van der Waals surface area (Å²) >= 11 is 0. The van der Waals surface area contributed by atoms with Crippen LogP contribution in [0.2, 0.25) is 0 Å². The first-order valence-corrected chi connectivity index (χ1v) is 13.1. The summed E-state index contributed by atoms with van der Waals surface area (Å²) in [5.41, 5.74) is 1.14. The average molecular weight is 486 g/mol. The lowest BCUT2D eigenvalue weighted by atomic mass is 10.1. The number of furan rings is 1. The second kappa shape index (κ2) is 11.7. The Balaban J connectivity index is 1.75. The first-order chi connectivity index (χ1) is 16.4. The molecule has 3 aromatic rings. The first kappa shape index (κ1) is 25.4. The molecule has 0 bridgehead atoms. The van der Waals surface area contributed by atoms with Crippen LogP contribution in [0.5, 0.6) is 11.5 Å². The Morgan fingerprint density at radius 1 is 0.971 bits per heavy atom. The molecule has 1 unspecified atom stereocenters. The fourth-order valence-electron chi connectivity index (χ4n) is 3.36. The summed E-state index contributed by atoms with van der Waals surface area (Å²) in [5.74, 6) is 0.455. The van der Waals surface area contributed by atoms with Gasteiger partial charge in [0.05, 0.1) is 36.2 Å². The van der Waals surface area contributed by atoms with Gasteiger partial charge in [-0.2, -0.15) is 0 Å². The summed E-state index contributed by atoms with van der Waals surface area (Å²) in [6.45, 7) is 7.04. The average Bonchev–Trinajstić information content (AvgIpc) is 3.29. The molecule has 0 aliphatic rings. The zero-order chi connectivity index (χ0) is 24.6. The van der Waals surface area contributed by atoms with E-state index in [1.165, 1.54) is 24.5 Å². The Labute approximate surface area is 201 Å². The van der Waals surface area contributed by atoms with Gasteiger partial charge in [0, 0.05) is 5.56 Å². The van der Waals surface area contributed by atoms with E-state index in [0.29, 0.717) is 30.3 Å². The normalized spacial score (nSPS) is 12.2. The summed E-state index contributed by atoms with van der Waals surface area (Å²) in [5, 5.41) is 2.89. The van der Waals surface area contributed by atoms with Crippen molar-refractivity contribution in [1.29, 1.82) is 0 Å². The highest BCUT2D eigenvalue weighted by Gasteiger charge is 2.24. The maximum atomic E-state index is 12.9. The third-order valence-electron chi connectivity index (χ3n) is 5.14. The number of carbonyl (C=O) groups is 1. The molecule has 0 aliphatic carbocycles. The highest BCUT2D eigenvalue weighted by molar-refractivity contribution is 7.90. The molecular formula is C26H31NO6S. The van der Waals surface area contributed by atoms with E-state index in [1.807, 2.05) is 39.0 Å². The van der Waals surface area contributed by atoms with Crippen molar-refractivity contribution in [2.45, 2.75) is 50.3 Å². The molecule has 1 N–H and O–H groups in total. The van der Waals surface area contributed by atoms with Gasteiger partial charge in [0.2, 0.25) is 0 Å². The van der Waals surface area contributed by atoms with Crippen LogP contribution in [0, 0.1) is 0 Å². The summed E-state index contributed by atoms with van der Waals surface area (Å²) in [6.07, 6.45) is 3.07. The van der Waals surface area contributed by atoms with E-state index in [1.54, 1.807) is 18.2 Å². The lowest BCUT2D eigenvalue weighted by molar-refractivity contribution is 0.0911. The summed E-state index contributed by atoms with van der Waals surface area (Å²) in [7, 11) is -3.62. The van der Waals surface area contributed by atoms with Gasteiger partial charge in [0.15, 0.2) is 27.1 Å². The number of hydrogen-bond acceptors (Lipinski definition) is 6. The number of amides is 1. The zero-order valence-electron chi connectivity index (χ0n) is 19.7. The van der Waals surface area contributed by atoms with Gasteiger partial charge >= 0.3 is 0 Å². The molecule has 1 atom stereocenters. The minimum atomic E-state index is -3.62. The van der Waals surface area contributed by atoms with E-state index in [2.05, 4.69) is 5.32 Å². The molecule has 182 valence electrons. The smallest absolute Gasteiger partial charge is 0.287 e. The minimum Gasteiger partial charge on any atom is -0.490 e. The molecule has 34 heavy (non-hydrogen) atoms. The van der Waals surface area contributed by atoms with Gasteiger partial charge in [-0.25, -0.2) is 8.42 Å². The number of ether oxygens (including phenoxy) is 2. The fourth-order valence-corrected chi connectivity index (χ4v) is 4.74. The van der Waals surface area contributed by atoms with Gasteiger partial charge in [0.1, 0.15) is 0 Å². The molecule has 0 saturated heterocycles. The van der Waals surface area contributed by atoms with Crippen molar-refractivity contribution in [2.75, 3.05) is 13.2 Å². The van der Waals surface area contributed by atoms with Crippen LogP contribution >= 0.6 is 0 Å². The molecule has 0 fully saturated rings.